The monoisotopic (exact) mass is 539 g/mol. The first-order valence-corrected chi connectivity index (χ1v) is 16.2. The van der Waals surface area contributed by atoms with E-state index in [0.717, 1.165) is 38.5 Å². The third-order valence-corrected chi connectivity index (χ3v) is 7.25. The zero-order valence-electron chi connectivity index (χ0n) is 25.0. The molecule has 1 amide bonds. The molecule has 38 heavy (non-hydrogen) atoms. The van der Waals surface area contributed by atoms with Gasteiger partial charge in [0.25, 0.3) is 0 Å². The fourth-order valence-corrected chi connectivity index (χ4v) is 4.80. The van der Waals surface area contributed by atoms with Crippen LogP contribution in [-0.2, 0) is 19.1 Å². The Morgan fingerprint density at radius 3 is 1.34 bits per heavy atom. The number of carboxylic acids is 1. The summed E-state index contributed by atoms with van der Waals surface area (Å²) in [4.78, 5) is 35.8. The van der Waals surface area contributed by atoms with Gasteiger partial charge in [0.2, 0.25) is 5.91 Å². The molecule has 1 atom stereocenters. The van der Waals surface area contributed by atoms with E-state index in [1.165, 1.54) is 109 Å². The van der Waals surface area contributed by atoms with Crippen LogP contribution in [-0.4, -0.2) is 35.6 Å². The summed E-state index contributed by atoms with van der Waals surface area (Å²) in [5.74, 6) is -2.03. The van der Waals surface area contributed by atoms with E-state index in [9.17, 15) is 14.4 Å². The number of amides is 1. The largest absolute Gasteiger partial charge is 0.481 e. The Hall–Kier alpha value is -1.59. The molecule has 0 saturated carbocycles. The van der Waals surface area contributed by atoms with E-state index in [1.54, 1.807) is 0 Å². The summed E-state index contributed by atoms with van der Waals surface area (Å²) >= 11 is 0. The number of ether oxygens (including phenoxy) is 1. The standard InChI is InChI=1S/C32H61NO5/c1-3-5-7-9-11-13-14-15-16-17-19-21-23-25-27-38-32(37)29(28-31(35)36)33-30(34)26-24-22-20-18-12-10-8-6-4-2/h29H,3-28H2,1-2H3,(H,33,34)(H,35,36)/t29-/m0/s1. The van der Waals surface area contributed by atoms with E-state index in [1.807, 2.05) is 0 Å². The second-order valence-corrected chi connectivity index (χ2v) is 11.1. The molecule has 0 saturated heterocycles. The quantitative estimate of drug-likeness (QED) is 0.0731. The van der Waals surface area contributed by atoms with Gasteiger partial charge < -0.3 is 15.2 Å². The molecule has 0 aliphatic heterocycles. The molecule has 0 aromatic heterocycles. The van der Waals surface area contributed by atoms with Crippen LogP contribution in [0.3, 0.4) is 0 Å². The molecule has 224 valence electrons. The number of carbonyl (C=O) groups excluding carboxylic acids is 2. The number of carbonyl (C=O) groups is 3. The van der Waals surface area contributed by atoms with E-state index in [0.29, 0.717) is 6.42 Å². The van der Waals surface area contributed by atoms with Crippen LogP contribution < -0.4 is 5.32 Å². The van der Waals surface area contributed by atoms with E-state index in [4.69, 9.17) is 9.84 Å². The third kappa shape index (κ3) is 26.0. The lowest BCUT2D eigenvalue weighted by Gasteiger charge is -2.16. The molecule has 0 spiro atoms. The lowest BCUT2D eigenvalue weighted by molar-refractivity contribution is -0.151. The van der Waals surface area contributed by atoms with E-state index in [-0.39, 0.29) is 12.5 Å². The molecule has 0 aromatic carbocycles. The van der Waals surface area contributed by atoms with Gasteiger partial charge in [-0.05, 0) is 12.8 Å². The summed E-state index contributed by atoms with van der Waals surface area (Å²) in [7, 11) is 0. The van der Waals surface area contributed by atoms with Crippen molar-refractivity contribution in [2.45, 2.75) is 180 Å². The summed E-state index contributed by atoms with van der Waals surface area (Å²) in [6.45, 7) is 4.75. The molecule has 0 aliphatic carbocycles. The van der Waals surface area contributed by atoms with Crippen molar-refractivity contribution in [3.8, 4) is 0 Å². The number of hydrogen-bond acceptors (Lipinski definition) is 4. The highest BCUT2D eigenvalue weighted by molar-refractivity contribution is 5.87. The predicted molar refractivity (Wildman–Crippen MR) is 157 cm³/mol. The molecule has 0 bridgehead atoms. The number of esters is 1. The first kappa shape index (κ1) is 36.4. The van der Waals surface area contributed by atoms with Crippen molar-refractivity contribution in [3.05, 3.63) is 0 Å². The molecule has 0 fully saturated rings. The SMILES string of the molecule is CCCCCCCCCCCCCCCCOC(=O)[C@H](CC(=O)O)NC(=O)CCCCCCCCCCC. The highest BCUT2D eigenvalue weighted by atomic mass is 16.5. The molecule has 2 N–H and O–H groups in total. The molecule has 0 heterocycles. The van der Waals surface area contributed by atoms with Gasteiger partial charge in [-0.1, -0.05) is 149 Å². The van der Waals surface area contributed by atoms with Crippen molar-refractivity contribution < 1.29 is 24.2 Å². The molecule has 0 radical (unpaired) electrons. The van der Waals surface area contributed by atoms with Crippen LogP contribution in [0.15, 0.2) is 0 Å². The molecule has 0 aliphatic rings. The fourth-order valence-electron chi connectivity index (χ4n) is 4.80. The minimum absolute atomic E-state index is 0.271. The topological polar surface area (TPSA) is 92.7 Å². The van der Waals surface area contributed by atoms with E-state index in [2.05, 4.69) is 19.2 Å². The molecular formula is C32H61NO5. The lowest BCUT2D eigenvalue weighted by atomic mass is 10.0. The Morgan fingerprint density at radius 2 is 0.947 bits per heavy atom. The second-order valence-electron chi connectivity index (χ2n) is 11.1. The fraction of sp³-hybridized carbons (Fsp3) is 0.906. The number of aliphatic carboxylic acids is 1. The number of rotatable bonds is 29. The minimum Gasteiger partial charge on any atom is -0.481 e. The Bertz CT molecular complexity index is 566. The lowest BCUT2D eigenvalue weighted by Crippen LogP contribution is -2.43. The predicted octanol–water partition coefficient (Wildman–Crippen LogP) is 8.89. The van der Waals surface area contributed by atoms with Gasteiger partial charge in [-0.2, -0.15) is 0 Å². The van der Waals surface area contributed by atoms with Gasteiger partial charge in [0.05, 0.1) is 13.0 Å². The first-order chi connectivity index (χ1) is 18.5. The molecule has 0 aromatic rings. The number of hydrogen-bond donors (Lipinski definition) is 2. The second kappa shape index (κ2) is 28.4. The van der Waals surface area contributed by atoms with Crippen molar-refractivity contribution >= 4 is 17.8 Å². The molecular weight excluding hydrogens is 478 g/mol. The first-order valence-electron chi connectivity index (χ1n) is 16.2. The van der Waals surface area contributed by atoms with Crippen molar-refractivity contribution in [2.24, 2.45) is 0 Å². The van der Waals surface area contributed by atoms with Gasteiger partial charge >= 0.3 is 11.9 Å². The molecule has 0 unspecified atom stereocenters. The number of unbranched alkanes of at least 4 members (excludes halogenated alkanes) is 21. The van der Waals surface area contributed by atoms with Crippen molar-refractivity contribution in [3.63, 3.8) is 0 Å². The Balaban J connectivity index is 3.80. The van der Waals surface area contributed by atoms with E-state index >= 15 is 0 Å². The maximum absolute atomic E-state index is 12.4. The highest BCUT2D eigenvalue weighted by Gasteiger charge is 2.24. The van der Waals surface area contributed by atoms with E-state index < -0.39 is 24.4 Å². The zero-order valence-corrected chi connectivity index (χ0v) is 25.0. The highest BCUT2D eigenvalue weighted by Crippen LogP contribution is 2.13. The van der Waals surface area contributed by atoms with Crippen LogP contribution in [0.25, 0.3) is 0 Å². The van der Waals surface area contributed by atoms with Crippen molar-refractivity contribution in [2.75, 3.05) is 6.61 Å². The minimum atomic E-state index is -1.12. The van der Waals surface area contributed by atoms with Gasteiger partial charge in [0.1, 0.15) is 6.04 Å². The van der Waals surface area contributed by atoms with Crippen LogP contribution in [0.5, 0.6) is 0 Å². The molecule has 6 nitrogen and oxygen atoms in total. The Morgan fingerprint density at radius 1 is 0.579 bits per heavy atom. The summed E-state index contributed by atoms with van der Waals surface area (Å²) in [6, 6.07) is -1.11. The summed E-state index contributed by atoms with van der Waals surface area (Å²) < 4.78 is 5.29. The zero-order chi connectivity index (χ0) is 28.1. The Kier molecular flexibility index (Phi) is 27.2. The van der Waals surface area contributed by atoms with Gasteiger partial charge in [-0.25, -0.2) is 4.79 Å². The summed E-state index contributed by atoms with van der Waals surface area (Å²) in [5.41, 5.74) is 0. The van der Waals surface area contributed by atoms with Gasteiger partial charge in [-0.3, -0.25) is 9.59 Å². The van der Waals surface area contributed by atoms with Crippen LogP contribution in [0.4, 0.5) is 0 Å². The maximum atomic E-state index is 12.4. The van der Waals surface area contributed by atoms with Crippen molar-refractivity contribution in [1.82, 2.24) is 5.32 Å². The average molecular weight is 540 g/mol. The van der Waals surface area contributed by atoms with Crippen LogP contribution in [0.2, 0.25) is 0 Å². The normalized spacial score (nSPS) is 11.8. The molecule has 6 heteroatoms. The summed E-state index contributed by atoms with van der Waals surface area (Å²) in [5, 5.41) is 11.7. The van der Waals surface area contributed by atoms with Crippen LogP contribution in [0.1, 0.15) is 174 Å². The molecule has 0 rings (SSSR count). The summed E-state index contributed by atoms with van der Waals surface area (Å²) in [6.07, 6.45) is 27.9. The van der Waals surface area contributed by atoms with Gasteiger partial charge in [-0.15, -0.1) is 0 Å². The number of carboxylic acid groups (broad SMARTS) is 1. The number of nitrogens with one attached hydrogen (secondary N) is 1. The van der Waals surface area contributed by atoms with Crippen molar-refractivity contribution in [1.29, 1.82) is 0 Å². The van der Waals surface area contributed by atoms with Crippen LogP contribution >= 0.6 is 0 Å². The third-order valence-electron chi connectivity index (χ3n) is 7.25. The average Bonchev–Trinajstić information content (AvgIpc) is 2.89. The maximum Gasteiger partial charge on any atom is 0.329 e. The van der Waals surface area contributed by atoms with Gasteiger partial charge in [0.15, 0.2) is 0 Å². The Labute approximate surface area is 234 Å². The van der Waals surface area contributed by atoms with Gasteiger partial charge in [0, 0.05) is 6.42 Å². The smallest absolute Gasteiger partial charge is 0.329 e. The van der Waals surface area contributed by atoms with Crippen LogP contribution in [0, 0.1) is 0 Å².